The molecule has 39 heavy (non-hydrogen) atoms. The van der Waals surface area contributed by atoms with E-state index in [1.807, 2.05) is 35.9 Å². The van der Waals surface area contributed by atoms with Crippen molar-refractivity contribution in [3.05, 3.63) is 86.7 Å². The van der Waals surface area contributed by atoms with Crippen LogP contribution in [0.3, 0.4) is 0 Å². The number of methoxy groups -OCH3 is 1. The Bertz CT molecular complexity index is 1650. The molecule has 1 amide bonds. The summed E-state index contributed by atoms with van der Waals surface area (Å²) < 4.78 is 18.2. The van der Waals surface area contributed by atoms with E-state index in [2.05, 4.69) is 16.9 Å². The van der Waals surface area contributed by atoms with Gasteiger partial charge in [0.15, 0.2) is 18.1 Å². The lowest BCUT2D eigenvalue weighted by Gasteiger charge is -2.18. The lowest BCUT2D eigenvalue weighted by molar-refractivity contribution is -0.118. The fraction of sp³-hybridized carbons (Fsp3) is 0.143. The third-order valence-corrected chi connectivity index (χ3v) is 7.22. The van der Waals surface area contributed by atoms with Crippen LogP contribution in [0.5, 0.6) is 17.2 Å². The van der Waals surface area contributed by atoms with Gasteiger partial charge < -0.3 is 19.5 Å². The van der Waals surface area contributed by atoms with E-state index < -0.39 is 5.97 Å². The zero-order chi connectivity index (χ0) is 27.4. The monoisotopic (exact) mass is 560 g/mol. The third kappa shape index (κ3) is 6.00. The number of nitrogens with zero attached hydrogens (tertiary/aromatic N) is 3. The van der Waals surface area contributed by atoms with E-state index in [-0.39, 0.29) is 12.5 Å². The lowest BCUT2D eigenvalue weighted by atomic mass is 10.1. The molecule has 9 nitrogen and oxygen atoms in total. The van der Waals surface area contributed by atoms with Gasteiger partial charge in [0, 0.05) is 10.9 Å². The maximum Gasteiger partial charge on any atom is 0.353 e. The van der Waals surface area contributed by atoms with Crippen molar-refractivity contribution in [2.75, 3.05) is 25.6 Å². The van der Waals surface area contributed by atoms with E-state index in [0.717, 1.165) is 22.4 Å². The number of fused-ring (bicyclic) bond motifs is 1. The van der Waals surface area contributed by atoms with Crippen molar-refractivity contribution in [1.29, 1.82) is 0 Å². The zero-order valence-electron chi connectivity index (χ0n) is 21.2. The van der Waals surface area contributed by atoms with E-state index in [9.17, 15) is 9.59 Å². The lowest BCUT2D eigenvalue weighted by Crippen LogP contribution is -2.25. The molecule has 2 aromatic carbocycles. The number of thiazole rings is 1. The largest absolute Gasteiger partial charge is 0.493 e. The first-order valence-corrected chi connectivity index (χ1v) is 13.6. The van der Waals surface area contributed by atoms with Gasteiger partial charge in [-0.3, -0.25) is 9.79 Å². The van der Waals surface area contributed by atoms with Gasteiger partial charge in [-0.15, -0.1) is 22.7 Å². The summed E-state index contributed by atoms with van der Waals surface area (Å²) in [5, 5.41) is 11.3. The van der Waals surface area contributed by atoms with Crippen LogP contribution in [0.15, 0.2) is 81.5 Å². The first-order valence-electron chi connectivity index (χ1n) is 11.8. The Balaban J connectivity index is 1.48. The summed E-state index contributed by atoms with van der Waals surface area (Å²) in [6, 6.07) is 14.3. The average Bonchev–Trinajstić information content (AvgIpc) is 3.61. The highest BCUT2D eigenvalue weighted by atomic mass is 32.1. The molecule has 1 N–H and O–H groups in total. The standard InChI is InChI=1S/C28H24N4O5S2/c1-17(2)13-29-28-32(21(16-39-28)19-7-9-22-20(12-19)31-26(33)15-36-22)30-14-18-6-8-23(24(11-18)35-3)37-27(34)25-5-4-10-38-25/h4-12,14,16H,1,13,15H2,2-3H3,(H,31,33). The number of ether oxygens (including phenoxy) is 3. The highest BCUT2D eigenvalue weighted by Crippen LogP contribution is 2.33. The molecule has 0 saturated heterocycles. The van der Waals surface area contributed by atoms with Gasteiger partial charge in [0.05, 0.1) is 31.3 Å². The quantitative estimate of drug-likeness (QED) is 0.138. The van der Waals surface area contributed by atoms with Crippen LogP contribution in [0.2, 0.25) is 0 Å². The molecule has 0 saturated carbocycles. The Labute approximate surface area is 232 Å². The summed E-state index contributed by atoms with van der Waals surface area (Å²) in [5.74, 6) is 0.678. The smallest absolute Gasteiger partial charge is 0.353 e. The van der Waals surface area contributed by atoms with Gasteiger partial charge in [-0.05, 0) is 60.3 Å². The van der Waals surface area contributed by atoms with Crippen molar-refractivity contribution < 1.29 is 23.8 Å². The molecule has 11 heteroatoms. The number of hydrogen-bond donors (Lipinski definition) is 1. The summed E-state index contributed by atoms with van der Waals surface area (Å²) >= 11 is 2.75. The van der Waals surface area contributed by atoms with Crippen molar-refractivity contribution in [2.24, 2.45) is 10.1 Å². The number of aromatic nitrogens is 1. The van der Waals surface area contributed by atoms with Gasteiger partial charge in [0.2, 0.25) is 4.80 Å². The highest BCUT2D eigenvalue weighted by Gasteiger charge is 2.18. The van der Waals surface area contributed by atoms with Crippen LogP contribution in [0.1, 0.15) is 22.2 Å². The van der Waals surface area contributed by atoms with Crippen LogP contribution in [-0.4, -0.2) is 43.0 Å². The maximum absolute atomic E-state index is 12.4. The van der Waals surface area contributed by atoms with Gasteiger partial charge in [-0.25, -0.2) is 9.47 Å². The number of rotatable bonds is 8. The number of carbonyl (C=O) groups excluding carboxylic acids is 2. The van der Waals surface area contributed by atoms with Crippen molar-refractivity contribution in [3.8, 4) is 28.5 Å². The van der Waals surface area contributed by atoms with Crippen LogP contribution in [0.4, 0.5) is 5.69 Å². The molecular weight excluding hydrogens is 536 g/mol. The van der Waals surface area contributed by atoms with Gasteiger partial charge in [0.1, 0.15) is 10.6 Å². The van der Waals surface area contributed by atoms with Gasteiger partial charge in [-0.2, -0.15) is 5.10 Å². The molecule has 0 atom stereocenters. The van der Waals surface area contributed by atoms with Gasteiger partial charge >= 0.3 is 5.97 Å². The SMILES string of the molecule is C=C(C)CN=c1scc(-c2ccc3c(c2)NC(=O)CO3)n1N=Cc1ccc(OC(=O)c2cccs2)c(OC)c1. The van der Waals surface area contributed by atoms with Crippen molar-refractivity contribution >= 4 is 46.5 Å². The second-order valence-electron chi connectivity index (χ2n) is 8.56. The predicted octanol–water partition coefficient (Wildman–Crippen LogP) is 5.20. The molecule has 2 aromatic heterocycles. The molecule has 0 spiro atoms. The van der Waals surface area contributed by atoms with E-state index in [4.69, 9.17) is 19.3 Å². The fourth-order valence-electron chi connectivity index (χ4n) is 3.68. The normalized spacial score (nSPS) is 13.1. The minimum atomic E-state index is -0.446. The molecule has 0 radical (unpaired) electrons. The Morgan fingerprint density at radius 3 is 2.85 bits per heavy atom. The minimum absolute atomic E-state index is 0.00545. The van der Waals surface area contributed by atoms with Crippen molar-refractivity contribution in [1.82, 2.24) is 4.68 Å². The number of benzene rings is 2. The summed E-state index contributed by atoms with van der Waals surface area (Å²) in [5.41, 5.74) is 3.87. The van der Waals surface area contributed by atoms with E-state index in [0.29, 0.717) is 39.2 Å². The Hall–Kier alpha value is -4.48. The summed E-state index contributed by atoms with van der Waals surface area (Å²) in [6.07, 6.45) is 1.67. The van der Waals surface area contributed by atoms with Crippen molar-refractivity contribution in [3.63, 3.8) is 0 Å². The topological polar surface area (TPSA) is 104 Å². The molecule has 5 rings (SSSR count). The van der Waals surface area contributed by atoms with Crippen LogP contribution in [-0.2, 0) is 4.79 Å². The summed E-state index contributed by atoms with van der Waals surface area (Å²) in [4.78, 5) is 30.1. The van der Waals surface area contributed by atoms with Gasteiger partial charge in [0.25, 0.3) is 5.91 Å². The van der Waals surface area contributed by atoms with Crippen LogP contribution >= 0.6 is 22.7 Å². The molecule has 1 aliphatic heterocycles. The number of anilines is 1. The predicted molar refractivity (Wildman–Crippen MR) is 152 cm³/mol. The molecule has 0 aliphatic carbocycles. The number of nitrogens with one attached hydrogen (secondary N) is 1. The second kappa shape index (κ2) is 11.5. The summed E-state index contributed by atoms with van der Waals surface area (Å²) in [6.45, 7) is 6.31. The van der Waals surface area contributed by atoms with E-state index in [1.54, 1.807) is 41.2 Å². The fourth-order valence-corrected chi connectivity index (χ4v) is 5.12. The Kier molecular flexibility index (Phi) is 7.71. The molecule has 3 heterocycles. The third-order valence-electron chi connectivity index (χ3n) is 5.51. The number of hydrogen-bond acceptors (Lipinski definition) is 9. The minimum Gasteiger partial charge on any atom is -0.493 e. The first kappa shape index (κ1) is 26.1. The zero-order valence-corrected chi connectivity index (χ0v) is 22.8. The second-order valence-corrected chi connectivity index (χ2v) is 10.3. The molecule has 1 aliphatic rings. The van der Waals surface area contributed by atoms with Crippen LogP contribution < -0.4 is 24.3 Å². The maximum atomic E-state index is 12.4. The number of thiophene rings is 1. The molecule has 0 unspecified atom stereocenters. The van der Waals surface area contributed by atoms with E-state index in [1.165, 1.54) is 29.8 Å². The number of esters is 1. The van der Waals surface area contributed by atoms with Crippen LogP contribution in [0.25, 0.3) is 11.3 Å². The molecular formula is C28H24N4O5S2. The van der Waals surface area contributed by atoms with Gasteiger partial charge in [-0.1, -0.05) is 18.2 Å². The van der Waals surface area contributed by atoms with Crippen molar-refractivity contribution in [2.45, 2.75) is 6.92 Å². The Morgan fingerprint density at radius 1 is 1.21 bits per heavy atom. The number of carbonyl (C=O) groups is 2. The average molecular weight is 561 g/mol. The first-order chi connectivity index (χ1) is 18.9. The number of amides is 1. The Morgan fingerprint density at radius 2 is 2.08 bits per heavy atom. The molecule has 0 fully saturated rings. The molecule has 198 valence electrons. The van der Waals surface area contributed by atoms with Crippen LogP contribution in [0, 0.1) is 0 Å². The molecule has 0 bridgehead atoms. The summed E-state index contributed by atoms with van der Waals surface area (Å²) in [7, 11) is 1.51. The highest BCUT2D eigenvalue weighted by molar-refractivity contribution is 7.12. The van der Waals surface area contributed by atoms with E-state index >= 15 is 0 Å². The molecule has 4 aromatic rings.